The van der Waals surface area contributed by atoms with Crippen LogP contribution in [0.25, 0.3) is 0 Å². The van der Waals surface area contributed by atoms with Crippen LogP contribution in [0, 0.1) is 11.3 Å². The maximum atomic E-state index is 11.0. The van der Waals surface area contributed by atoms with Crippen molar-refractivity contribution < 1.29 is 4.79 Å². The molecule has 1 N–H and O–H groups in total. The van der Waals surface area contributed by atoms with Crippen LogP contribution in [0.4, 0.5) is 5.69 Å². The summed E-state index contributed by atoms with van der Waals surface area (Å²) >= 11 is 0. The third kappa shape index (κ3) is 5.50. The van der Waals surface area contributed by atoms with E-state index in [9.17, 15) is 4.79 Å². The zero-order valence-electron chi connectivity index (χ0n) is 18.3. The lowest BCUT2D eigenvalue weighted by Gasteiger charge is -2.40. The summed E-state index contributed by atoms with van der Waals surface area (Å²) in [6.45, 7) is 14.8. The Bertz CT molecular complexity index is 635. The first kappa shape index (κ1) is 21.2. The Morgan fingerprint density at radius 3 is 2.29 bits per heavy atom. The second-order valence-corrected chi connectivity index (χ2v) is 9.79. The fraction of sp³-hybridized carbons (Fsp3) is 0.708. The second-order valence-electron chi connectivity index (χ2n) is 9.79. The number of hydrogen-bond acceptors (Lipinski definition) is 3. The van der Waals surface area contributed by atoms with E-state index in [0.717, 1.165) is 45.2 Å². The lowest BCUT2D eigenvalue weighted by Crippen LogP contribution is -2.48. The number of rotatable bonds is 5. The summed E-state index contributed by atoms with van der Waals surface area (Å²) in [4.78, 5) is 16.1. The molecule has 3 rings (SSSR count). The van der Waals surface area contributed by atoms with Gasteiger partial charge in [0.05, 0.1) is 0 Å². The standard InChI is InChI=1S/C24H39N3O/c1-19(28)25-13-14-26-15-17-27(18-16-26)23-8-6-5-7-22(23)20-9-11-21(12-10-20)24(2,3)4/h5-8,20-21H,9-18H2,1-4H3,(H,25,28). The van der Waals surface area contributed by atoms with Crippen molar-refractivity contribution in [1.82, 2.24) is 10.2 Å². The largest absolute Gasteiger partial charge is 0.369 e. The smallest absolute Gasteiger partial charge is 0.216 e. The first-order chi connectivity index (χ1) is 13.3. The maximum Gasteiger partial charge on any atom is 0.216 e. The Labute approximate surface area is 171 Å². The van der Waals surface area contributed by atoms with Crippen LogP contribution >= 0.6 is 0 Å². The van der Waals surface area contributed by atoms with Crippen LogP contribution in [-0.4, -0.2) is 50.1 Å². The van der Waals surface area contributed by atoms with Gasteiger partial charge in [0.25, 0.3) is 0 Å². The predicted octanol–water partition coefficient (Wildman–Crippen LogP) is 4.26. The van der Waals surface area contributed by atoms with Gasteiger partial charge in [-0.3, -0.25) is 9.69 Å². The van der Waals surface area contributed by atoms with Crippen LogP contribution in [-0.2, 0) is 4.79 Å². The highest BCUT2D eigenvalue weighted by atomic mass is 16.1. The van der Waals surface area contributed by atoms with Crippen LogP contribution in [0.2, 0.25) is 0 Å². The van der Waals surface area contributed by atoms with Crippen LogP contribution < -0.4 is 10.2 Å². The van der Waals surface area contributed by atoms with E-state index >= 15 is 0 Å². The molecule has 1 aliphatic carbocycles. The molecule has 4 heteroatoms. The second kappa shape index (κ2) is 9.30. The van der Waals surface area contributed by atoms with Gasteiger partial charge in [-0.2, -0.15) is 0 Å². The molecule has 1 aromatic rings. The molecule has 0 atom stereocenters. The molecule has 1 saturated carbocycles. The molecule has 4 nitrogen and oxygen atoms in total. The highest BCUT2D eigenvalue weighted by Crippen LogP contribution is 2.45. The van der Waals surface area contributed by atoms with E-state index in [1.807, 2.05) is 0 Å². The molecule has 1 aromatic carbocycles. The summed E-state index contributed by atoms with van der Waals surface area (Å²) in [5.41, 5.74) is 3.47. The van der Waals surface area contributed by atoms with Gasteiger partial charge in [-0.15, -0.1) is 0 Å². The maximum absolute atomic E-state index is 11.0. The van der Waals surface area contributed by atoms with E-state index < -0.39 is 0 Å². The summed E-state index contributed by atoms with van der Waals surface area (Å²) in [7, 11) is 0. The molecule has 1 amide bonds. The highest BCUT2D eigenvalue weighted by molar-refractivity contribution is 5.72. The van der Waals surface area contributed by atoms with Crippen molar-refractivity contribution in [3.63, 3.8) is 0 Å². The van der Waals surface area contributed by atoms with E-state index in [1.165, 1.54) is 31.4 Å². The Hall–Kier alpha value is -1.55. The van der Waals surface area contributed by atoms with E-state index in [0.29, 0.717) is 11.3 Å². The van der Waals surface area contributed by atoms with Crippen molar-refractivity contribution in [2.45, 2.75) is 59.3 Å². The van der Waals surface area contributed by atoms with E-state index in [2.05, 4.69) is 60.2 Å². The van der Waals surface area contributed by atoms with Gasteiger partial charge in [-0.1, -0.05) is 39.0 Å². The zero-order chi connectivity index (χ0) is 20.1. The van der Waals surface area contributed by atoms with Crippen LogP contribution in [0.3, 0.4) is 0 Å². The average molecular weight is 386 g/mol. The van der Waals surface area contributed by atoms with Gasteiger partial charge in [-0.25, -0.2) is 0 Å². The SMILES string of the molecule is CC(=O)NCCN1CCN(c2ccccc2C2CCC(C(C)(C)C)CC2)CC1. The molecule has 0 bridgehead atoms. The van der Waals surface area contributed by atoms with Gasteiger partial charge in [0.2, 0.25) is 5.91 Å². The van der Waals surface area contributed by atoms with Crippen LogP contribution in [0.15, 0.2) is 24.3 Å². The average Bonchev–Trinajstić information content (AvgIpc) is 2.68. The summed E-state index contributed by atoms with van der Waals surface area (Å²) in [5.74, 6) is 1.64. The number of hydrogen-bond donors (Lipinski definition) is 1. The molecule has 156 valence electrons. The Kier molecular flexibility index (Phi) is 7.03. The van der Waals surface area contributed by atoms with Crippen molar-refractivity contribution >= 4 is 11.6 Å². The van der Waals surface area contributed by atoms with E-state index in [1.54, 1.807) is 12.5 Å². The van der Waals surface area contributed by atoms with Crippen molar-refractivity contribution in [3.05, 3.63) is 29.8 Å². The number of benzene rings is 1. The summed E-state index contributed by atoms with van der Waals surface area (Å²) in [6, 6.07) is 9.12. The van der Waals surface area contributed by atoms with Gasteiger partial charge in [0.15, 0.2) is 0 Å². The van der Waals surface area contributed by atoms with Crippen LogP contribution in [0.1, 0.15) is 64.9 Å². The Morgan fingerprint density at radius 2 is 1.68 bits per heavy atom. The van der Waals surface area contributed by atoms with Crippen molar-refractivity contribution in [2.24, 2.45) is 11.3 Å². The quantitative estimate of drug-likeness (QED) is 0.822. The lowest BCUT2D eigenvalue weighted by atomic mass is 9.68. The Morgan fingerprint density at radius 1 is 1.04 bits per heavy atom. The number of para-hydroxylation sites is 1. The molecule has 0 spiro atoms. The third-order valence-corrected chi connectivity index (χ3v) is 6.84. The van der Waals surface area contributed by atoms with Gasteiger partial charge in [0.1, 0.15) is 0 Å². The summed E-state index contributed by atoms with van der Waals surface area (Å²) in [5, 5.41) is 2.91. The minimum Gasteiger partial charge on any atom is -0.369 e. The molecule has 2 aliphatic rings. The molecule has 1 saturated heterocycles. The van der Waals surface area contributed by atoms with Crippen molar-refractivity contribution in [3.8, 4) is 0 Å². The van der Waals surface area contributed by atoms with Gasteiger partial charge in [-0.05, 0) is 54.6 Å². The molecular weight excluding hydrogens is 346 g/mol. The molecular formula is C24H39N3O. The monoisotopic (exact) mass is 385 g/mol. The molecule has 2 fully saturated rings. The number of carbonyl (C=O) groups excluding carboxylic acids is 1. The molecule has 0 unspecified atom stereocenters. The van der Waals surface area contributed by atoms with Crippen molar-refractivity contribution in [1.29, 1.82) is 0 Å². The molecule has 0 aromatic heterocycles. The lowest BCUT2D eigenvalue weighted by molar-refractivity contribution is -0.119. The fourth-order valence-corrected chi connectivity index (χ4v) is 4.99. The first-order valence-electron chi connectivity index (χ1n) is 11.2. The molecule has 1 aliphatic heterocycles. The molecule has 28 heavy (non-hydrogen) atoms. The number of amides is 1. The minimum atomic E-state index is 0.0637. The number of nitrogens with one attached hydrogen (secondary N) is 1. The summed E-state index contributed by atoms with van der Waals surface area (Å²) < 4.78 is 0. The van der Waals surface area contributed by atoms with Gasteiger partial charge >= 0.3 is 0 Å². The zero-order valence-corrected chi connectivity index (χ0v) is 18.3. The molecule has 0 radical (unpaired) electrons. The number of nitrogens with zero attached hydrogens (tertiary/aromatic N) is 2. The van der Waals surface area contributed by atoms with Crippen molar-refractivity contribution in [2.75, 3.05) is 44.2 Å². The van der Waals surface area contributed by atoms with Crippen LogP contribution in [0.5, 0.6) is 0 Å². The number of carbonyl (C=O) groups is 1. The first-order valence-corrected chi connectivity index (χ1v) is 11.2. The minimum absolute atomic E-state index is 0.0637. The topological polar surface area (TPSA) is 35.6 Å². The van der Waals surface area contributed by atoms with Gasteiger partial charge < -0.3 is 10.2 Å². The Balaban J connectivity index is 1.57. The summed E-state index contributed by atoms with van der Waals surface area (Å²) in [6.07, 6.45) is 5.38. The van der Waals surface area contributed by atoms with E-state index in [4.69, 9.17) is 0 Å². The van der Waals surface area contributed by atoms with Gasteiger partial charge in [0, 0.05) is 51.9 Å². The predicted molar refractivity (Wildman–Crippen MR) is 118 cm³/mol. The number of anilines is 1. The normalized spacial score (nSPS) is 24.2. The third-order valence-electron chi connectivity index (χ3n) is 6.84. The fourth-order valence-electron chi connectivity index (χ4n) is 4.99. The van der Waals surface area contributed by atoms with E-state index in [-0.39, 0.29) is 5.91 Å². The molecule has 1 heterocycles. The number of piperazine rings is 1. The highest BCUT2D eigenvalue weighted by Gasteiger charge is 2.31.